The minimum Gasteiger partial charge on any atom is -0.383 e. The average Bonchev–Trinajstić information content (AvgIpc) is 2.95. The molecule has 21 heavy (non-hydrogen) atoms. The topological polar surface area (TPSA) is 37.4 Å². The molecule has 0 unspecified atom stereocenters. The van der Waals surface area contributed by atoms with Crippen LogP contribution in [0.25, 0.3) is 0 Å². The van der Waals surface area contributed by atoms with Gasteiger partial charge in [-0.25, -0.2) is 4.98 Å². The molecule has 1 aromatic carbocycles. The van der Waals surface area contributed by atoms with Crippen LogP contribution in [0.3, 0.4) is 0 Å². The Bertz CT molecular complexity index is 544. The molecule has 1 aromatic heterocycles. The average molecular weight is 326 g/mol. The second kappa shape index (κ2) is 8.34. The summed E-state index contributed by atoms with van der Waals surface area (Å²) in [5.74, 6) is 0. The molecule has 4 nitrogen and oxygen atoms in total. The fourth-order valence-corrected chi connectivity index (χ4v) is 2.84. The molecule has 2 rings (SSSR count). The minimum absolute atomic E-state index is 0.724. The third kappa shape index (κ3) is 5.28. The van der Waals surface area contributed by atoms with Gasteiger partial charge >= 0.3 is 0 Å². The maximum atomic E-state index is 5.90. The van der Waals surface area contributed by atoms with Crippen LogP contribution in [-0.2, 0) is 17.8 Å². The first-order valence-corrected chi connectivity index (χ1v) is 7.98. The molecule has 1 N–H and O–H groups in total. The number of anilines is 1. The van der Waals surface area contributed by atoms with Gasteiger partial charge in [0.05, 0.1) is 6.61 Å². The lowest BCUT2D eigenvalue weighted by molar-refractivity contribution is 0.199. The van der Waals surface area contributed by atoms with Gasteiger partial charge in [-0.3, -0.25) is 0 Å². The lowest BCUT2D eigenvalue weighted by atomic mass is 10.2. The lowest BCUT2D eigenvalue weighted by Gasteiger charge is -2.15. The maximum absolute atomic E-state index is 5.90. The number of aromatic nitrogens is 1. The summed E-state index contributed by atoms with van der Waals surface area (Å²) >= 11 is 7.61. The number of hydrogen-bond acceptors (Lipinski definition) is 5. The van der Waals surface area contributed by atoms with Gasteiger partial charge in [0.15, 0.2) is 5.13 Å². The van der Waals surface area contributed by atoms with Gasteiger partial charge in [-0.2, -0.15) is 0 Å². The van der Waals surface area contributed by atoms with Gasteiger partial charge < -0.3 is 15.0 Å². The molecule has 0 saturated carbocycles. The molecule has 6 heteroatoms. The lowest BCUT2D eigenvalue weighted by Crippen LogP contribution is -2.17. The molecule has 0 aliphatic rings. The predicted octanol–water partition coefficient (Wildman–Crippen LogP) is 3.17. The number of nitrogens with zero attached hydrogens (tertiary/aromatic N) is 2. The second-order valence-electron chi connectivity index (χ2n) is 4.76. The molecule has 0 aliphatic carbocycles. The highest BCUT2D eigenvalue weighted by Crippen LogP contribution is 2.23. The Hall–Kier alpha value is -1.14. The fraction of sp³-hybridized carbons (Fsp3) is 0.400. The normalized spacial score (nSPS) is 10.8. The highest BCUT2D eigenvalue weighted by Gasteiger charge is 2.07. The van der Waals surface area contributed by atoms with Crippen molar-refractivity contribution < 1.29 is 4.74 Å². The van der Waals surface area contributed by atoms with Crippen LogP contribution in [0, 0.1) is 0 Å². The SMILES string of the molecule is COCCNCc1cnc(N(C)Cc2ccc(Cl)cc2)s1. The molecule has 0 fully saturated rings. The zero-order valence-corrected chi connectivity index (χ0v) is 13.9. The van der Waals surface area contributed by atoms with Gasteiger partial charge in [-0.1, -0.05) is 23.7 Å². The third-order valence-electron chi connectivity index (χ3n) is 2.98. The van der Waals surface area contributed by atoms with E-state index in [4.69, 9.17) is 16.3 Å². The van der Waals surface area contributed by atoms with Crippen LogP contribution in [0.2, 0.25) is 5.02 Å². The highest BCUT2D eigenvalue weighted by molar-refractivity contribution is 7.15. The Morgan fingerprint density at radius 1 is 1.33 bits per heavy atom. The Balaban J connectivity index is 1.86. The largest absolute Gasteiger partial charge is 0.383 e. The summed E-state index contributed by atoms with van der Waals surface area (Å²) in [6.07, 6.45) is 1.93. The summed E-state index contributed by atoms with van der Waals surface area (Å²) in [6, 6.07) is 7.91. The van der Waals surface area contributed by atoms with E-state index in [1.807, 2.05) is 30.5 Å². The summed E-state index contributed by atoms with van der Waals surface area (Å²) < 4.78 is 5.01. The van der Waals surface area contributed by atoms with Crippen molar-refractivity contribution in [1.29, 1.82) is 0 Å². The molecular formula is C15H20ClN3OS. The van der Waals surface area contributed by atoms with E-state index in [1.54, 1.807) is 18.4 Å². The van der Waals surface area contributed by atoms with Crippen molar-refractivity contribution in [3.05, 3.63) is 45.9 Å². The van der Waals surface area contributed by atoms with E-state index in [1.165, 1.54) is 10.4 Å². The number of halogens is 1. The van der Waals surface area contributed by atoms with Crippen molar-refractivity contribution in [3.63, 3.8) is 0 Å². The standard InChI is InChI=1S/C15H20ClN3OS/c1-19(11-12-3-5-13(16)6-4-12)15-18-10-14(21-15)9-17-7-8-20-2/h3-6,10,17H,7-9,11H2,1-2H3. The first-order valence-electron chi connectivity index (χ1n) is 6.79. The Morgan fingerprint density at radius 2 is 2.10 bits per heavy atom. The van der Waals surface area contributed by atoms with Crippen LogP contribution in [-0.4, -0.2) is 32.3 Å². The number of benzene rings is 1. The van der Waals surface area contributed by atoms with Crippen molar-refractivity contribution in [2.45, 2.75) is 13.1 Å². The highest BCUT2D eigenvalue weighted by atomic mass is 35.5. The summed E-state index contributed by atoms with van der Waals surface area (Å²) in [4.78, 5) is 7.85. The summed E-state index contributed by atoms with van der Waals surface area (Å²) in [7, 11) is 3.76. The summed E-state index contributed by atoms with van der Waals surface area (Å²) in [5, 5.41) is 5.11. The predicted molar refractivity (Wildman–Crippen MR) is 89.3 cm³/mol. The molecule has 0 aliphatic heterocycles. The van der Waals surface area contributed by atoms with Crippen molar-refractivity contribution in [2.75, 3.05) is 32.2 Å². The smallest absolute Gasteiger partial charge is 0.185 e. The van der Waals surface area contributed by atoms with Crippen LogP contribution in [0.5, 0.6) is 0 Å². The van der Waals surface area contributed by atoms with Gasteiger partial charge in [0.2, 0.25) is 0 Å². The van der Waals surface area contributed by atoms with Gasteiger partial charge in [0.25, 0.3) is 0 Å². The number of ether oxygens (including phenoxy) is 1. The van der Waals surface area contributed by atoms with Gasteiger partial charge in [-0.15, -0.1) is 11.3 Å². The molecule has 0 amide bonds. The summed E-state index contributed by atoms with van der Waals surface area (Å²) in [5.41, 5.74) is 1.22. The van der Waals surface area contributed by atoms with Crippen LogP contribution < -0.4 is 10.2 Å². The number of thiazole rings is 1. The van der Waals surface area contributed by atoms with Crippen molar-refractivity contribution in [2.24, 2.45) is 0 Å². The van der Waals surface area contributed by atoms with Crippen LogP contribution in [0.1, 0.15) is 10.4 Å². The Morgan fingerprint density at radius 3 is 2.81 bits per heavy atom. The molecule has 0 bridgehead atoms. The first-order chi connectivity index (χ1) is 10.2. The zero-order chi connectivity index (χ0) is 15.1. The van der Waals surface area contributed by atoms with E-state index in [9.17, 15) is 0 Å². The molecule has 0 atom stereocenters. The zero-order valence-electron chi connectivity index (χ0n) is 12.3. The van der Waals surface area contributed by atoms with Crippen molar-refractivity contribution in [1.82, 2.24) is 10.3 Å². The summed E-state index contributed by atoms with van der Waals surface area (Å²) in [6.45, 7) is 3.23. The monoisotopic (exact) mass is 325 g/mol. The minimum atomic E-state index is 0.724. The quantitative estimate of drug-likeness (QED) is 0.756. The van der Waals surface area contributed by atoms with Crippen molar-refractivity contribution in [3.8, 4) is 0 Å². The molecule has 0 saturated heterocycles. The second-order valence-corrected chi connectivity index (χ2v) is 6.29. The molecule has 114 valence electrons. The maximum Gasteiger partial charge on any atom is 0.185 e. The van der Waals surface area contributed by atoms with Gasteiger partial charge in [-0.05, 0) is 17.7 Å². The van der Waals surface area contributed by atoms with Crippen LogP contribution >= 0.6 is 22.9 Å². The van der Waals surface area contributed by atoms with E-state index in [0.29, 0.717) is 0 Å². The van der Waals surface area contributed by atoms with Gasteiger partial charge in [0.1, 0.15) is 0 Å². The Labute approximate surface area is 134 Å². The number of nitrogens with one attached hydrogen (secondary N) is 1. The van der Waals surface area contributed by atoms with E-state index >= 15 is 0 Å². The van der Waals surface area contributed by atoms with Crippen LogP contribution in [0.15, 0.2) is 30.5 Å². The number of hydrogen-bond donors (Lipinski definition) is 1. The molecule has 0 spiro atoms. The van der Waals surface area contributed by atoms with E-state index < -0.39 is 0 Å². The fourth-order valence-electron chi connectivity index (χ4n) is 1.87. The first kappa shape index (κ1) is 16.2. The molecule has 1 heterocycles. The van der Waals surface area contributed by atoms with Crippen LogP contribution in [0.4, 0.5) is 5.13 Å². The number of methoxy groups -OCH3 is 1. The van der Waals surface area contributed by atoms with E-state index in [0.717, 1.165) is 36.4 Å². The Kier molecular flexibility index (Phi) is 6.45. The molecule has 0 radical (unpaired) electrons. The van der Waals surface area contributed by atoms with Gasteiger partial charge in [0, 0.05) is 49.9 Å². The van der Waals surface area contributed by atoms with E-state index in [2.05, 4.69) is 22.2 Å². The molecular weight excluding hydrogens is 306 g/mol. The molecule has 2 aromatic rings. The third-order valence-corrected chi connectivity index (χ3v) is 4.35. The van der Waals surface area contributed by atoms with E-state index in [-0.39, 0.29) is 0 Å². The number of rotatable bonds is 8. The van der Waals surface area contributed by atoms with Crippen molar-refractivity contribution >= 4 is 28.1 Å².